The summed E-state index contributed by atoms with van der Waals surface area (Å²) < 4.78 is 24.0. The van der Waals surface area contributed by atoms with Crippen molar-refractivity contribution in [3.63, 3.8) is 0 Å². The maximum atomic E-state index is 17.8. The van der Waals surface area contributed by atoms with Crippen LogP contribution in [0.1, 0.15) is 41.2 Å². The molecule has 0 radical (unpaired) electrons. The van der Waals surface area contributed by atoms with Crippen LogP contribution in [0.15, 0.2) is 97.3 Å². The number of aliphatic hydroxyl groups excluding tert-OH is 1. The molecule has 0 aliphatic rings. The number of carbonyl (C=O) groups excluding carboxylic acids is 1. The number of pyridine rings is 3. The highest BCUT2D eigenvalue weighted by molar-refractivity contribution is 6.22. The molecule has 0 spiro atoms. The number of rotatable bonds is 7. The van der Waals surface area contributed by atoms with Gasteiger partial charge in [0.05, 0.1) is 29.5 Å². The van der Waals surface area contributed by atoms with Gasteiger partial charge in [0.25, 0.3) is 5.79 Å². The lowest BCUT2D eigenvalue weighted by Crippen LogP contribution is -2.32. The summed E-state index contributed by atoms with van der Waals surface area (Å²) >= 11 is 0. The number of aromatic nitrogens is 4. The van der Waals surface area contributed by atoms with Gasteiger partial charge in [-0.1, -0.05) is 24.3 Å². The van der Waals surface area contributed by atoms with Crippen molar-refractivity contribution < 1.29 is 19.0 Å². The molecular formula is C31H26FN5O3. The van der Waals surface area contributed by atoms with Crippen molar-refractivity contribution in [2.24, 2.45) is 0 Å². The second kappa shape index (κ2) is 10.5. The zero-order valence-corrected chi connectivity index (χ0v) is 22.1. The predicted molar refractivity (Wildman–Crippen MR) is 151 cm³/mol. The van der Waals surface area contributed by atoms with E-state index in [2.05, 4.69) is 15.0 Å². The Kier molecular flexibility index (Phi) is 6.96. The minimum absolute atomic E-state index is 0.0497. The molecule has 5 aromatic rings. The van der Waals surface area contributed by atoms with E-state index in [4.69, 9.17) is 10.1 Å². The first-order valence-electron chi connectivity index (χ1n) is 12.4. The Balaban J connectivity index is 1.85. The van der Waals surface area contributed by atoms with Crippen LogP contribution in [0.2, 0.25) is 0 Å². The van der Waals surface area contributed by atoms with Gasteiger partial charge in [0, 0.05) is 47.2 Å². The van der Waals surface area contributed by atoms with E-state index < -0.39 is 11.8 Å². The second-order valence-electron chi connectivity index (χ2n) is 9.21. The third-order valence-electron chi connectivity index (χ3n) is 6.62. The first-order chi connectivity index (χ1) is 19.3. The Morgan fingerprint density at radius 2 is 1.57 bits per heavy atom. The summed E-state index contributed by atoms with van der Waals surface area (Å²) in [5, 5.41) is 18.5. The number of hydrogen-bond acceptors (Lipinski definition) is 7. The van der Waals surface area contributed by atoms with E-state index in [9.17, 15) is 9.90 Å². The molecule has 0 aliphatic heterocycles. The van der Waals surface area contributed by atoms with Gasteiger partial charge >= 0.3 is 5.97 Å². The summed E-state index contributed by atoms with van der Waals surface area (Å²) in [5.41, 5.74) is 3.65. The van der Waals surface area contributed by atoms with Crippen LogP contribution < -0.4 is 0 Å². The highest BCUT2D eigenvalue weighted by atomic mass is 19.1. The highest BCUT2D eigenvalue weighted by Gasteiger charge is 2.41. The van der Waals surface area contributed by atoms with Gasteiger partial charge in [-0.3, -0.25) is 15.0 Å². The maximum absolute atomic E-state index is 17.8. The van der Waals surface area contributed by atoms with Crippen molar-refractivity contribution in [2.45, 2.75) is 19.6 Å². The molecule has 200 valence electrons. The van der Waals surface area contributed by atoms with Crippen LogP contribution in [-0.4, -0.2) is 43.4 Å². The Bertz CT molecular complexity index is 1700. The van der Waals surface area contributed by atoms with Crippen molar-refractivity contribution in [3.05, 3.63) is 120 Å². The SMILES string of the molecule is COC(=O)c1ccc(-c2cn(C(F)(c3ccccn3)c3ccccn3)c3cc(/C(C(C)=N)=C(\C)O)cnc23)cc1. The van der Waals surface area contributed by atoms with Crippen molar-refractivity contribution in [3.8, 4) is 11.1 Å². The molecule has 0 aliphatic carbocycles. The topological polar surface area (TPSA) is 114 Å². The van der Waals surface area contributed by atoms with Gasteiger partial charge in [0.15, 0.2) is 0 Å². The second-order valence-corrected chi connectivity index (χ2v) is 9.21. The van der Waals surface area contributed by atoms with Crippen LogP contribution in [0.5, 0.6) is 0 Å². The van der Waals surface area contributed by atoms with Crippen LogP contribution in [0, 0.1) is 5.41 Å². The largest absolute Gasteiger partial charge is 0.512 e. The third kappa shape index (κ3) is 4.51. The lowest BCUT2D eigenvalue weighted by molar-refractivity contribution is 0.0600. The summed E-state index contributed by atoms with van der Waals surface area (Å²) in [6, 6.07) is 18.5. The number of methoxy groups -OCH3 is 1. The number of aliphatic hydroxyl groups is 1. The number of halogens is 1. The first-order valence-corrected chi connectivity index (χ1v) is 12.4. The first kappa shape index (κ1) is 26.4. The zero-order valence-electron chi connectivity index (χ0n) is 22.1. The molecule has 0 saturated heterocycles. The third-order valence-corrected chi connectivity index (χ3v) is 6.62. The Morgan fingerprint density at radius 1 is 0.950 bits per heavy atom. The molecular weight excluding hydrogens is 509 g/mol. The minimum atomic E-state index is -2.34. The number of benzene rings is 1. The van der Waals surface area contributed by atoms with Gasteiger partial charge in [-0.05, 0) is 61.9 Å². The molecule has 8 nitrogen and oxygen atoms in total. The molecule has 2 N–H and O–H groups in total. The molecule has 0 unspecified atom stereocenters. The normalized spacial score (nSPS) is 12.2. The molecule has 0 atom stereocenters. The van der Waals surface area contributed by atoms with Crippen molar-refractivity contribution >= 4 is 28.3 Å². The summed E-state index contributed by atoms with van der Waals surface area (Å²) in [5.74, 6) is -2.86. The Morgan fingerprint density at radius 3 is 2.08 bits per heavy atom. The standard InChI is InChI=1S/C31H26FN5O3/c1-19(33)28(20(2)38)23-16-25-29(36-17-23)24(21-10-12-22(13-11-21)30(39)40-3)18-37(25)31(32,26-8-4-6-14-34-26)27-9-5-7-15-35-27/h4-18,33,38H,1-3H3/b28-20+,33-19?. The molecule has 0 bridgehead atoms. The van der Waals surface area contributed by atoms with Crippen molar-refractivity contribution in [1.29, 1.82) is 5.41 Å². The van der Waals surface area contributed by atoms with Gasteiger partial charge in [-0.15, -0.1) is 0 Å². The summed E-state index contributed by atoms with van der Waals surface area (Å²) in [7, 11) is 1.31. The molecule has 4 aromatic heterocycles. The van der Waals surface area contributed by atoms with E-state index in [0.717, 1.165) is 0 Å². The molecule has 5 rings (SSSR count). The fourth-order valence-electron chi connectivity index (χ4n) is 4.80. The van der Waals surface area contributed by atoms with Crippen LogP contribution in [0.25, 0.3) is 27.7 Å². The van der Waals surface area contributed by atoms with E-state index in [-0.39, 0.29) is 22.9 Å². The molecule has 9 heteroatoms. The molecule has 1 aromatic carbocycles. The van der Waals surface area contributed by atoms with Gasteiger partial charge in [0.2, 0.25) is 0 Å². The van der Waals surface area contributed by atoms with E-state index in [1.54, 1.807) is 86.0 Å². The summed E-state index contributed by atoms with van der Waals surface area (Å²) in [6.45, 7) is 3.06. The number of nitrogens with zero attached hydrogens (tertiary/aromatic N) is 4. The van der Waals surface area contributed by atoms with Crippen LogP contribution in [0.4, 0.5) is 4.39 Å². The van der Waals surface area contributed by atoms with Crippen LogP contribution in [0.3, 0.4) is 0 Å². The molecule has 0 saturated carbocycles. The predicted octanol–water partition coefficient (Wildman–Crippen LogP) is 6.33. The Labute approximate surface area is 230 Å². The van der Waals surface area contributed by atoms with Gasteiger partial charge in [0.1, 0.15) is 11.4 Å². The van der Waals surface area contributed by atoms with Crippen molar-refractivity contribution in [1.82, 2.24) is 19.5 Å². The van der Waals surface area contributed by atoms with Gasteiger partial charge in [-0.25, -0.2) is 9.18 Å². The highest BCUT2D eigenvalue weighted by Crippen LogP contribution is 2.41. The zero-order chi connectivity index (χ0) is 28.4. The number of ether oxygens (including phenoxy) is 1. The monoisotopic (exact) mass is 535 g/mol. The minimum Gasteiger partial charge on any atom is -0.512 e. The fourth-order valence-corrected chi connectivity index (χ4v) is 4.80. The van der Waals surface area contributed by atoms with Gasteiger partial charge < -0.3 is 19.8 Å². The number of alkyl halides is 1. The number of allylic oxidation sites excluding steroid dienone is 2. The number of nitrogens with one attached hydrogen (secondary N) is 1. The van der Waals surface area contributed by atoms with Crippen molar-refractivity contribution in [2.75, 3.05) is 7.11 Å². The van der Waals surface area contributed by atoms with E-state index >= 15 is 4.39 Å². The van der Waals surface area contributed by atoms with Crippen LogP contribution >= 0.6 is 0 Å². The lowest BCUT2D eigenvalue weighted by Gasteiger charge is -2.27. The van der Waals surface area contributed by atoms with E-state index in [1.165, 1.54) is 31.0 Å². The number of hydrogen-bond donors (Lipinski definition) is 2. The smallest absolute Gasteiger partial charge is 0.337 e. The molecule has 40 heavy (non-hydrogen) atoms. The average molecular weight is 536 g/mol. The van der Waals surface area contributed by atoms with Crippen LogP contribution in [-0.2, 0) is 10.5 Å². The maximum Gasteiger partial charge on any atom is 0.337 e. The average Bonchev–Trinajstić information content (AvgIpc) is 3.36. The quantitative estimate of drug-likeness (QED) is 0.143. The van der Waals surface area contributed by atoms with E-state index in [0.29, 0.717) is 38.9 Å². The molecule has 4 heterocycles. The van der Waals surface area contributed by atoms with E-state index in [1.807, 2.05) is 0 Å². The molecule has 0 fully saturated rings. The summed E-state index contributed by atoms with van der Waals surface area (Å²) in [6.07, 6.45) is 6.23. The fraction of sp³-hybridized carbons (Fsp3) is 0.129. The number of esters is 1. The number of carbonyl (C=O) groups is 1. The Hall–Kier alpha value is -5.18. The summed E-state index contributed by atoms with van der Waals surface area (Å²) in [4.78, 5) is 25.4. The molecule has 0 amide bonds. The van der Waals surface area contributed by atoms with Gasteiger partial charge in [-0.2, -0.15) is 0 Å². The lowest BCUT2D eigenvalue weighted by atomic mass is 10.0. The number of fused-ring (bicyclic) bond motifs is 1.